The summed E-state index contributed by atoms with van der Waals surface area (Å²) in [5.74, 6) is 0.861. The van der Waals surface area contributed by atoms with Gasteiger partial charge in [-0.05, 0) is 61.9 Å². The van der Waals surface area contributed by atoms with Crippen LogP contribution in [0.3, 0.4) is 0 Å². The summed E-state index contributed by atoms with van der Waals surface area (Å²) in [5, 5.41) is 3.54. The minimum absolute atomic E-state index is 0.0134. The highest BCUT2D eigenvalue weighted by Gasteiger charge is 2.30. The molecular weight excluding hydrogens is 468 g/mol. The zero-order chi connectivity index (χ0) is 24.2. The molecule has 2 aliphatic rings. The molecule has 1 aromatic heterocycles. The first-order chi connectivity index (χ1) is 16.4. The number of benzene rings is 1. The number of thioether (sulfide) groups is 1. The van der Waals surface area contributed by atoms with Crippen LogP contribution in [0.2, 0.25) is 0 Å². The lowest BCUT2D eigenvalue weighted by Crippen LogP contribution is -2.37. The van der Waals surface area contributed by atoms with E-state index in [1.54, 1.807) is 22.9 Å². The van der Waals surface area contributed by atoms with E-state index in [0.29, 0.717) is 42.6 Å². The number of carbonyl (C=O) groups excluding carboxylic acids is 3. The predicted molar refractivity (Wildman–Crippen MR) is 136 cm³/mol. The predicted octanol–water partition coefficient (Wildman–Crippen LogP) is 4.26. The number of amides is 3. The van der Waals surface area contributed by atoms with Gasteiger partial charge in [0.2, 0.25) is 11.8 Å². The Morgan fingerprint density at radius 1 is 1.15 bits per heavy atom. The van der Waals surface area contributed by atoms with Gasteiger partial charge in [-0.1, -0.05) is 24.0 Å². The van der Waals surface area contributed by atoms with Crippen LogP contribution in [-0.2, 0) is 15.3 Å². The Kier molecular flexibility index (Phi) is 7.73. The monoisotopic (exact) mass is 498 g/mol. The Morgan fingerprint density at radius 2 is 1.88 bits per heavy atom. The second-order valence-electron chi connectivity index (χ2n) is 8.81. The summed E-state index contributed by atoms with van der Waals surface area (Å²) in [4.78, 5) is 45.2. The van der Waals surface area contributed by atoms with Crippen molar-refractivity contribution in [1.82, 2.24) is 14.8 Å². The molecule has 0 unspecified atom stereocenters. The average molecular weight is 499 g/mol. The number of hydrogen-bond acceptors (Lipinski definition) is 6. The highest BCUT2D eigenvalue weighted by atomic mass is 32.2. The number of carbonyl (C=O) groups is 3. The van der Waals surface area contributed by atoms with Crippen LogP contribution in [0.4, 0.5) is 5.13 Å². The third kappa shape index (κ3) is 5.88. The van der Waals surface area contributed by atoms with Gasteiger partial charge in [-0.3, -0.25) is 14.4 Å². The molecular formula is C25H30N4O3S2. The van der Waals surface area contributed by atoms with Crippen LogP contribution in [-0.4, -0.2) is 58.7 Å². The molecule has 34 heavy (non-hydrogen) atoms. The largest absolute Gasteiger partial charge is 0.337 e. The van der Waals surface area contributed by atoms with Crippen molar-refractivity contribution in [2.24, 2.45) is 5.92 Å². The first-order valence-electron chi connectivity index (χ1n) is 11.6. The molecule has 4 rings (SSSR count). The topological polar surface area (TPSA) is 82.6 Å². The van der Waals surface area contributed by atoms with E-state index in [9.17, 15) is 14.4 Å². The van der Waals surface area contributed by atoms with Gasteiger partial charge < -0.3 is 15.1 Å². The number of aryl methyl sites for hydroxylation is 2. The fourth-order valence-corrected chi connectivity index (χ4v) is 5.95. The molecule has 7 nitrogen and oxygen atoms in total. The maximum Gasteiger partial charge on any atom is 0.254 e. The first-order valence-corrected chi connectivity index (χ1v) is 13.4. The molecule has 9 heteroatoms. The van der Waals surface area contributed by atoms with E-state index in [-0.39, 0.29) is 23.6 Å². The second kappa shape index (κ2) is 10.7. The number of anilines is 1. The molecule has 0 radical (unpaired) electrons. The smallest absolute Gasteiger partial charge is 0.254 e. The quantitative estimate of drug-likeness (QED) is 0.456. The van der Waals surface area contributed by atoms with Crippen molar-refractivity contribution >= 4 is 46.0 Å². The molecule has 0 spiro atoms. The van der Waals surface area contributed by atoms with Crippen LogP contribution in [0, 0.1) is 19.8 Å². The average Bonchev–Trinajstić information content (AvgIpc) is 3.62. The number of rotatable bonds is 7. The van der Waals surface area contributed by atoms with Crippen LogP contribution >= 0.6 is 23.1 Å². The lowest BCUT2D eigenvalue weighted by Gasteiger charge is -2.23. The van der Waals surface area contributed by atoms with E-state index in [0.717, 1.165) is 40.2 Å². The Morgan fingerprint density at radius 3 is 2.62 bits per heavy atom. The van der Waals surface area contributed by atoms with E-state index >= 15 is 0 Å². The molecule has 1 aromatic carbocycles. The number of thiazole rings is 1. The number of nitrogens with zero attached hydrogens (tertiary/aromatic N) is 3. The van der Waals surface area contributed by atoms with Gasteiger partial charge in [-0.15, -0.1) is 11.8 Å². The fraction of sp³-hybridized carbons (Fsp3) is 0.440. The van der Waals surface area contributed by atoms with Gasteiger partial charge in [0.25, 0.3) is 5.91 Å². The Bertz CT molecular complexity index is 1110. The van der Waals surface area contributed by atoms with Crippen molar-refractivity contribution in [3.63, 3.8) is 0 Å². The van der Waals surface area contributed by atoms with Gasteiger partial charge in [-0.25, -0.2) is 4.98 Å². The molecule has 1 saturated carbocycles. The van der Waals surface area contributed by atoms with Gasteiger partial charge in [0.1, 0.15) is 0 Å². The third-order valence-electron chi connectivity index (χ3n) is 6.22. The van der Waals surface area contributed by atoms with Crippen LogP contribution < -0.4 is 5.32 Å². The number of hydrogen-bond donors (Lipinski definition) is 1. The van der Waals surface area contributed by atoms with Crippen molar-refractivity contribution in [1.29, 1.82) is 0 Å². The van der Waals surface area contributed by atoms with Crippen molar-refractivity contribution in [2.75, 3.05) is 31.5 Å². The summed E-state index contributed by atoms with van der Waals surface area (Å²) in [6.07, 6.45) is 5.81. The number of aromatic nitrogens is 1. The lowest BCUT2D eigenvalue weighted by atomic mass is 10.00. The van der Waals surface area contributed by atoms with Crippen LogP contribution in [0.5, 0.6) is 0 Å². The minimum Gasteiger partial charge on any atom is -0.337 e. The van der Waals surface area contributed by atoms with E-state index in [2.05, 4.69) is 29.9 Å². The molecule has 1 saturated heterocycles. The zero-order valence-corrected chi connectivity index (χ0v) is 21.3. The lowest BCUT2D eigenvalue weighted by molar-refractivity contribution is -0.125. The molecule has 2 fully saturated rings. The van der Waals surface area contributed by atoms with Gasteiger partial charge in [0, 0.05) is 43.4 Å². The maximum absolute atomic E-state index is 13.4. The molecule has 3 amide bonds. The van der Waals surface area contributed by atoms with Gasteiger partial charge in [0.15, 0.2) is 5.13 Å². The van der Waals surface area contributed by atoms with Crippen molar-refractivity contribution in [3.05, 3.63) is 53.2 Å². The van der Waals surface area contributed by atoms with E-state index in [4.69, 9.17) is 0 Å². The highest BCUT2D eigenvalue weighted by Crippen LogP contribution is 2.34. The zero-order valence-electron chi connectivity index (χ0n) is 19.6. The highest BCUT2D eigenvalue weighted by molar-refractivity contribution is 8.00. The fourth-order valence-electron chi connectivity index (χ4n) is 4.01. The third-order valence-corrected chi connectivity index (χ3v) is 8.37. The van der Waals surface area contributed by atoms with Gasteiger partial charge >= 0.3 is 0 Å². The Hall–Kier alpha value is -2.65. The molecule has 180 valence electrons. The molecule has 1 N–H and O–H groups in total. The summed E-state index contributed by atoms with van der Waals surface area (Å²) in [5.41, 5.74) is 3.93. The first kappa shape index (κ1) is 24.5. The van der Waals surface area contributed by atoms with E-state index in [1.807, 2.05) is 17.9 Å². The standard InChI is InChI=1S/C25H30N4O3S2/c1-4-21(30)28-8-5-9-29(11-10-28)24(32)20-13-19(16(2)12-17(20)3)15-33-22-14-26-25(34-22)27-23(31)18-6-7-18/h4,12-14,18H,1,5-11,15H2,2-3H3,(H,26,27,31). The molecule has 1 aliphatic carbocycles. The Labute approximate surface area is 208 Å². The van der Waals surface area contributed by atoms with Crippen molar-refractivity contribution in [3.8, 4) is 0 Å². The summed E-state index contributed by atoms with van der Waals surface area (Å²) in [6.45, 7) is 9.92. The molecule has 0 atom stereocenters. The van der Waals surface area contributed by atoms with Crippen LogP contribution in [0.15, 0.2) is 35.2 Å². The molecule has 2 heterocycles. The second-order valence-corrected chi connectivity index (χ2v) is 11.1. The normalized spacial score (nSPS) is 16.2. The summed E-state index contributed by atoms with van der Waals surface area (Å²) in [7, 11) is 0. The molecule has 1 aliphatic heterocycles. The van der Waals surface area contributed by atoms with Crippen molar-refractivity contribution < 1.29 is 14.4 Å². The number of nitrogens with one attached hydrogen (secondary N) is 1. The minimum atomic E-state index is -0.0848. The van der Waals surface area contributed by atoms with Crippen LogP contribution in [0.25, 0.3) is 0 Å². The Balaban J connectivity index is 1.41. The van der Waals surface area contributed by atoms with E-state index in [1.165, 1.54) is 17.4 Å². The maximum atomic E-state index is 13.4. The van der Waals surface area contributed by atoms with Crippen molar-refractivity contribution in [2.45, 2.75) is 43.1 Å². The molecule has 0 bridgehead atoms. The summed E-state index contributed by atoms with van der Waals surface area (Å²) >= 11 is 3.14. The van der Waals surface area contributed by atoms with Crippen LogP contribution in [0.1, 0.15) is 46.3 Å². The summed E-state index contributed by atoms with van der Waals surface area (Å²) in [6, 6.07) is 4.08. The van der Waals surface area contributed by atoms with E-state index < -0.39 is 0 Å². The van der Waals surface area contributed by atoms with Gasteiger partial charge in [0.05, 0.1) is 10.4 Å². The van der Waals surface area contributed by atoms with Gasteiger partial charge in [-0.2, -0.15) is 0 Å². The SMILES string of the molecule is C=CC(=O)N1CCCN(C(=O)c2cc(CSc3cnc(NC(=O)C4CC4)s3)c(C)cc2C)CC1. The summed E-state index contributed by atoms with van der Waals surface area (Å²) < 4.78 is 1.03. The molecule has 2 aromatic rings.